The van der Waals surface area contributed by atoms with E-state index in [0.29, 0.717) is 38.3 Å². The molecular formula is C23H18F3N5O2S2. The number of halogens is 3. The fourth-order valence-electron chi connectivity index (χ4n) is 4.08. The van der Waals surface area contributed by atoms with Crippen LogP contribution in [0.2, 0.25) is 0 Å². The molecule has 0 aliphatic rings. The summed E-state index contributed by atoms with van der Waals surface area (Å²) < 4.78 is 69.6. The van der Waals surface area contributed by atoms with Gasteiger partial charge in [0.1, 0.15) is 16.3 Å². The lowest BCUT2D eigenvalue weighted by atomic mass is 9.95. The van der Waals surface area contributed by atoms with E-state index in [9.17, 15) is 21.6 Å². The minimum Gasteiger partial charge on any atom is -0.350 e. The highest BCUT2D eigenvalue weighted by Crippen LogP contribution is 2.41. The summed E-state index contributed by atoms with van der Waals surface area (Å²) in [6, 6.07) is 10.0. The smallest absolute Gasteiger partial charge is 0.350 e. The van der Waals surface area contributed by atoms with Crippen LogP contribution in [0.5, 0.6) is 0 Å². The van der Waals surface area contributed by atoms with Crippen LogP contribution in [-0.2, 0) is 35.9 Å². The zero-order valence-corrected chi connectivity index (χ0v) is 20.1. The third kappa shape index (κ3) is 4.23. The van der Waals surface area contributed by atoms with Gasteiger partial charge in [-0.05, 0) is 35.9 Å². The highest BCUT2D eigenvalue weighted by atomic mass is 32.2. The molecule has 0 spiro atoms. The lowest BCUT2D eigenvalue weighted by molar-refractivity contribution is -0.137. The van der Waals surface area contributed by atoms with Gasteiger partial charge in [-0.25, -0.2) is 8.42 Å². The molecule has 0 atom stereocenters. The van der Waals surface area contributed by atoms with Gasteiger partial charge in [-0.3, -0.25) is 4.68 Å². The molecule has 35 heavy (non-hydrogen) atoms. The summed E-state index contributed by atoms with van der Waals surface area (Å²) in [5, 5.41) is 12.7. The Hall–Kier alpha value is -3.51. The Balaban J connectivity index is 1.66. The third-order valence-corrected chi connectivity index (χ3v) is 8.28. The molecule has 7 nitrogen and oxygen atoms in total. The zero-order valence-electron chi connectivity index (χ0n) is 18.5. The van der Waals surface area contributed by atoms with E-state index in [-0.39, 0.29) is 10.6 Å². The first-order valence-electron chi connectivity index (χ1n) is 10.3. The molecular weight excluding hydrogens is 499 g/mol. The largest absolute Gasteiger partial charge is 0.416 e. The van der Waals surface area contributed by atoms with Crippen molar-refractivity contribution < 1.29 is 21.6 Å². The van der Waals surface area contributed by atoms with Crippen LogP contribution in [0, 0.1) is 0 Å². The Morgan fingerprint density at radius 2 is 1.80 bits per heavy atom. The van der Waals surface area contributed by atoms with E-state index in [4.69, 9.17) is 0 Å². The molecule has 0 saturated heterocycles. The second-order valence-corrected chi connectivity index (χ2v) is 10.9. The van der Waals surface area contributed by atoms with Crippen LogP contribution >= 0.6 is 11.3 Å². The van der Waals surface area contributed by atoms with Gasteiger partial charge in [-0.1, -0.05) is 12.1 Å². The summed E-state index contributed by atoms with van der Waals surface area (Å²) >= 11 is 1.16. The molecule has 0 aliphatic heterocycles. The van der Waals surface area contributed by atoms with Gasteiger partial charge in [0, 0.05) is 48.5 Å². The molecule has 5 rings (SSSR count). The molecule has 0 N–H and O–H groups in total. The van der Waals surface area contributed by atoms with E-state index >= 15 is 0 Å². The summed E-state index contributed by atoms with van der Waals surface area (Å²) in [5.41, 5.74) is 3.51. The quantitative estimate of drug-likeness (QED) is 0.324. The summed E-state index contributed by atoms with van der Waals surface area (Å²) in [4.78, 5) is 0.132. The minimum absolute atomic E-state index is 0.132. The van der Waals surface area contributed by atoms with Gasteiger partial charge in [-0.2, -0.15) is 18.3 Å². The van der Waals surface area contributed by atoms with Crippen molar-refractivity contribution in [1.29, 1.82) is 0 Å². The molecule has 2 aromatic carbocycles. The number of sulfone groups is 1. The lowest BCUT2D eigenvalue weighted by Gasteiger charge is -2.14. The first-order chi connectivity index (χ1) is 16.5. The second kappa shape index (κ2) is 8.31. The van der Waals surface area contributed by atoms with E-state index in [1.54, 1.807) is 43.1 Å². The van der Waals surface area contributed by atoms with E-state index in [1.165, 1.54) is 28.5 Å². The molecule has 0 radical (unpaired) electrons. The van der Waals surface area contributed by atoms with Crippen molar-refractivity contribution >= 4 is 32.1 Å². The van der Waals surface area contributed by atoms with Gasteiger partial charge in [-0.15, -0.1) is 21.5 Å². The minimum atomic E-state index is -4.50. The summed E-state index contributed by atoms with van der Waals surface area (Å²) in [5.74, 6) is -0.260. The number of fused-ring (bicyclic) bond motifs is 1. The van der Waals surface area contributed by atoms with Crippen molar-refractivity contribution in [3.05, 3.63) is 70.9 Å². The van der Waals surface area contributed by atoms with Crippen LogP contribution in [-0.4, -0.2) is 33.0 Å². The standard InChI is InChI=1S/C23H18F3N5O2S2/c1-30-11-19(16-5-3-14(23(24,25)26)9-18(16)20-7-8-28-31(20)2)17-6-4-15(10-21(17)30)35(32,33)12-22-29-27-13-34-22/h3-11,13H,12H2,1-2H3. The second-order valence-electron chi connectivity index (χ2n) is 8.02. The number of hydrogen-bond acceptors (Lipinski definition) is 6. The van der Waals surface area contributed by atoms with Crippen molar-refractivity contribution in [3.63, 3.8) is 0 Å². The van der Waals surface area contributed by atoms with Gasteiger partial charge in [0.15, 0.2) is 9.84 Å². The molecule has 0 fully saturated rings. The van der Waals surface area contributed by atoms with Crippen LogP contribution in [0.3, 0.4) is 0 Å². The topological polar surface area (TPSA) is 82.7 Å². The molecule has 5 aromatic rings. The highest BCUT2D eigenvalue weighted by molar-refractivity contribution is 7.90. The van der Waals surface area contributed by atoms with Crippen molar-refractivity contribution in [1.82, 2.24) is 24.5 Å². The maximum Gasteiger partial charge on any atom is 0.416 e. The average molecular weight is 518 g/mol. The first-order valence-corrected chi connectivity index (χ1v) is 12.8. The number of benzene rings is 2. The predicted molar refractivity (Wildman–Crippen MR) is 126 cm³/mol. The number of aromatic nitrogens is 5. The number of rotatable bonds is 5. The monoisotopic (exact) mass is 517 g/mol. The van der Waals surface area contributed by atoms with Crippen molar-refractivity contribution in [2.75, 3.05) is 0 Å². The number of hydrogen-bond donors (Lipinski definition) is 0. The van der Waals surface area contributed by atoms with Crippen LogP contribution in [0.15, 0.2) is 65.3 Å². The van der Waals surface area contributed by atoms with Gasteiger partial charge < -0.3 is 4.57 Å². The number of alkyl halides is 3. The predicted octanol–water partition coefficient (Wildman–Crippen LogP) is 5.09. The molecule has 0 unspecified atom stereocenters. The number of nitrogens with zero attached hydrogens (tertiary/aromatic N) is 5. The van der Waals surface area contributed by atoms with Crippen LogP contribution in [0.4, 0.5) is 13.2 Å². The molecule has 3 aromatic heterocycles. The Bertz CT molecular complexity index is 1650. The maximum atomic E-state index is 13.5. The highest BCUT2D eigenvalue weighted by Gasteiger charge is 2.32. The normalized spacial score (nSPS) is 12.5. The number of aryl methyl sites for hydroxylation is 2. The average Bonchev–Trinajstić information content (AvgIpc) is 3.53. The molecule has 0 amide bonds. The summed E-state index contributed by atoms with van der Waals surface area (Å²) in [6.45, 7) is 0. The van der Waals surface area contributed by atoms with Gasteiger partial charge in [0.2, 0.25) is 0 Å². The molecule has 180 valence electrons. The fourth-order valence-corrected chi connectivity index (χ4v) is 6.25. The first kappa shape index (κ1) is 23.2. The molecule has 12 heteroatoms. The zero-order chi connectivity index (χ0) is 25.0. The molecule has 3 heterocycles. The third-order valence-electron chi connectivity index (χ3n) is 5.77. The Morgan fingerprint density at radius 1 is 1.00 bits per heavy atom. The van der Waals surface area contributed by atoms with Gasteiger partial charge in [0.25, 0.3) is 0 Å². The van der Waals surface area contributed by atoms with Crippen LogP contribution in [0.25, 0.3) is 33.3 Å². The van der Waals surface area contributed by atoms with Crippen molar-refractivity contribution in [2.24, 2.45) is 14.1 Å². The van der Waals surface area contributed by atoms with E-state index in [2.05, 4.69) is 15.3 Å². The van der Waals surface area contributed by atoms with Crippen molar-refractivity contribution in [2.45, 2.75) is 16.8 Å². The van der Waals surface area contributed by atoms with E-state index in [0.717, 1.165) is 23.5 Å². The molecule has 0 saturated carbocycles. The molecule has 0 aliphatic carbocycles. The van der Waals surface area contributed by atoms with Crippen LogP contribution in [0.1, 0.15) is 10.6 Å². The Labute approximate surface area is 202 Å². The van der Waals surface area contributed by atoms with Crippen LogP contribution < -0.4 is 0 Å². The van der Waals surface area contributed by atoms with Gasteiger partial charge in [0.05, 0.1) is 16.2 Å². The van der Waals surface area contributed by atoms with Gasteiger partial charge >= 0.3 is 6.18 Å². The Morgan fingerprint density at radius 3 is 2.46 bits per heavy atom. The fraction of sp³-hybridized carbons (Fsp3) is 0.174. The van der Waals surface area contributed by atoms with Crippen molar-refractivity contribution in [3.8, 4) is 22.4 Å². The summed E-state index contributed by atoms with van der Waals surface area (Å²) in [7, 11) is -0.231. The maximum absolute atomic E-state index is 13.5. The van der Waals surface area contributed by atoms with E-state index < -0.39 is 21.6 Å². The molecule has 0 bridgehead atoms. The summed E-state index contributed by atoms with van der Waals surface area (Å²) in [6.07, 6.45) is -1.19. The lowest BCUT2D eigenvalue weighted by Crippen LogP contribution is -2.06. The van der Waals surface area contributed by atoms with E-state index in [1.807, 2.05) is 0 Å². The SMILES string of the molecule is Cn1nccc1-c1cc(C(F)(F)F)ccc1-c1cn(C)c2cc(S(=O)(=O)Cc3nncs3)ccc12. The Kier molecular flexibility index (Phi) is 5.52.